The third kappa shape index (κ3) is 4.29. The van der Waals surface area contributed by atoms with Crippen LogP contribution >= 0.6 is 0 Å². The van der Waals surface area contributed by atoms with Crippen LogP contribution in [-0.2, 0) is 17.8 Å². The topological polar surface area (TPSA) is 55.1 Å². The summed E-state index contributed by atoms with van der Waals surface area (Å²) >= 11 is 0. The summed E-state index contributed by atoms with van der Waals surface area (Å²) in [5, 5.41) is 2.76. The second-order valence-electron chi connectivity index (χ2n) is 3.90. The predicted octanol–water partition coefficient (Wildman–Crippen LogP) is 1.22. The van der Waals surface area contributed by atoms with E-state index in [2.05, 4.69) is 30.3 Å². The van der Waals surface area contributed by atoms with Crippen molar-refractivity contribution in [2.75, 3.05) is 0 Å². The Morgan fingerprint density at radius 1 is 1.41 bits per heavy atom. The van der Waals surface area contributed by atoms with Gasteiger partial charge in [0.1, 0.15) is 0 Å². The average Bonchev–Trinajstić information content (AvgIpc) is 2.36. The Hall–Kier alpha value is -1.79. The molecule has 0 bridgehead atoms. The Bertz CT molecular complexity index is 403. The number of hydrogen-bond acceptors (Lipinski definition) is 2. The zero-order chi connectivity index (χ0) is 12.7. The normalized spacial score (nSPS) is 11.6. The van der Waals surface area contributed by atoms with Gasteiger partial charge in [-0.15, -0.1) is 12.3 Å². The molecule has 0 aliphatic carbocycles. The van der Waals surface area contributed by atoms with E-state index >= 15 is 0 Å². The van der Waals surface area contributed by atoms with Gasteiger partial charge < -0.3 is 11.1 Å². The van der Waals surface area contributed by atoms with E-state index in [1.54, 1.807) is 0 Å². The maximum Gasteiger partial charge on any atom is 0.238 e. The summed E-state index contributed by atoms with van der Waals surface area (Å²) in [4.78, 5) is 11.5. The maximum absolute atomic E-state index is 11.5. The molecule has 0 radical (unpaired) electrons. The summed E-state index contributed by atoms with van der Waals surface area (Å²) in [5.41, 5.74) is 7.92. The monoisotopic (exact) mass is 230 g/mol. The highest BCUT2D eigenvalue weighted by Crippen LogP contribution is 2.04. The Morgan fingerprint density at radius 3 is 2.53 bits per heavy atom. The molecule has 0 heterocycles. The second kappa shape index (κ2) is 6.72. The first-order chi connectivity index (χ1) is 8.17. The third-order valence-electron chi connectivity index (χ3n) is 2.57. The molecule has 1 rings (SSSR count). The van der Waals surface area contributed by atoms with Gasteiger partial charge in [-0.05, 0) is 17.5 Å². The van der Waals surface area contributed by atoms with Crippen LogP contribution in [0.5, 0.6) is 0 Å². The van der Waals surface area contributed by atoms with Crippen LogP contribution in [0.15, 0.2) is 24.3 Å². The molecule has 0 spiro atoms. The van der Waals surface area contributed by atoms with Crippen molar-refractivity contribution in [3.05, 3.63) is 35.4 Å². The Labute approximate surface area is 102 Å². The maximum atomic E-state index is 11.5. The lowest BCUT2D eigenvalue weighted by molar-refractivity contribution is -0.122. The number of nitrogens with one attached hydrogen (secondary N) is 1. The van der Waals surface area contributed by atoms with E-state index in [0.717, 1.165) is 12.0 Å². The molecule has 1 aromatic rings. The highest BCUT2D eigenvalue weighted by molar-refractivity contribution is 5.81. The molecule has 0 aliphatic heterocycles. The molecule has 1 atom stereocenters. The number of carbonyl (C=O) groups is 1. The van der Waals surface area contributed by atoms with E-state index < -0.39 is 6.04 Å². The molecule has 0 aromatic heterocycles. The van der Waals surface area contributed by atoms with Crippen molar-refractivity contribution >= 4 is 5.91 Å². The van der Waals surface area contributed by atoms with Gasteiger partial charge in [-0.25, -0.2) is 0 Å². The molecular formula is C14H18N2O. The molecule has 3 nitrogen and oxygen atoms in total. The zero-order valence-corrected chi connectivity index (χ0v) is 10.1. The summed E-state index contributed by atoms with van der Waals surface area (Å²) in [6.07, 6.45) is 6.37. The van der Waals surface area contributed by atoms with E-state index in [1.165, 1.54) is 5.56 Å². The van der Waals surface area contributed by atoms with Crippen molar-refractivity contribution in [1.29, 1.82) is 0 Å². The molecule has 0 fully saturated rings. The molecule has 1 aromatic carbocycles. The Morgan fingerprint density at radius 2 is 2.00 bits per heavy atom. The van der Waals surface area contributed by atoms with Crippen molar-refractivity contribution in [2.45, 2.75) is 32.4 Å². The lowest BCUT2D eigenvalue weighted by Crippen LogP contribution is -2.39. The first kappa shape index (κ1) is 13.3. The van der Waals surface area contributed by atoms with Gasteiger partial charge in [0.05, 0.1) is 6.04 Å². The van der Waals surface area contributed by atoms with Gasteiger partial charge in [-0.1, -0.05) is 31.2 Å². The van der Waals surface area contributed by atoms with Crippen LogP contribution in [0, 0.1) is 12.3 Å². The summed E-state index contributed by atoms with van der Waals surface area (Å²) in [5.74, 6) is 2.17. The molecular weight excluding hydrogens is 212 g/mol. The molecule has 1 amide bonds. The molecule has 90 valence electrons. The summed E-state index contributed by atoms with van der Waals surface area (Å²) in [7, 11) is 0. The number of benzene rings is 1. The van der Waals surface area contributed by atoms with Crippen molar-refractivity contribution in [3.63, 3.8) is 0 Å². The molecule has 0 saturated heterocycles. The fraction of sp³-hybridized carbons (Fsp3) is 0.357. The number of amides is 1. The Kier molecular flexibility index (Phi) is 5.25. The van der Waals surface area contributed by atoms with Crippen LogP contribution in [0.4, 0.5) is 0 Å². The fourth-order valence-corrected chi connectivity index (χ4v) is 1.43. The van der Waals surface area contributed by atoms with Crippen LogP contribution in [0.2, 0.25) is 0 Å². The first-order valence-corrected chi connectivity index (χ1v) is 5.72. The summed E-state index contributed by atoms with van der Waals surface area (Å²) < 4.78 is 0. The minimum Gasteiger partial charge on any atom is -0.351 e. The van der Waals surface area contributed by atoms with E-state index in [9.17, 15) is 4.79 Å². The van der Waals surface area contributed by atoms with Crippen LogP contribution in [0.1, 0.15) is 24.5 Å². The van der Waals surface area contributed by atoms with E-state index in [0.29, 0.717) is 6.54 Å². The molecule has 0 aliphatic rings. The van der Waals surface area contributed by atoms with Gasteiger partial charge in [0.15, 0.2) is 0 Å². The average molecular weight is 230 g/mol. The molecule has 0 saturated carbocycles. The molecule has 3 heteroatoms. The van der Waals surface area contributed by atoms with Crippen LogP contribution in [0.3, 0.4) is 0 Å². The predicted molar refractivity (Wildman–Crippen MR) is 69.1 cm³/mol. The number of terminal acetylenes is 1. The highest BCUT2D eigenvalue weighted by Gasteiger charge is 2.10. The minimum absolute atomic E-state index is 0.206. The third-order valence-corrected chi connectivity index (χ3v) is 2.57. The number of nitrogens with two attached hydrogens (primary N) is 1. The van der Waals surface area contributed by atoms with Crippen molar-refractivity contribution in [2.24, 2.45) is 5.73 Å². The van der Waals surface area contributed by atoms with Gasteiger partial charge in [0.2, 0.25) is 5.91 Å². The number of rotatable bonds is 5. The van der Waals surface area contributed by atoms with Crippen molar-refractivity contribution in [3.8, 4) is 12.3 Å². The standard InChI is InChI=1S/C14H18N2O/c1-3-5-13(15)14(17)16-10-12-8-6-11(4-2)7-9-12/h1,6-9,13H,4-5,10,15H2,2H3,(H,16,17). The minimum atomic E-state index is -0.616. The second-order valence-corrected chi connectivity index (χ2v) is 3.90. The van der Waals surface area contributed by atoms with E-state index in [4.69, 9.17) is 12.2 Å². The molecule has 17 heavy (non-hydrogen) atoms. The van der Waals surface area contributed by atoms with Gasteiger partial charge >= 0.3 is 0 Å². The van der Waals surface area contributed by atoms with Crippen LogP contribution in [-0.4, -0.2) is 11.9 Å². The lowest BCUT2D eigenvalue weighted by atomic mass is 10.1. The van der Waals surface area contributed by atoms with Gasteiger partial charge in [-0.2, -0.15) is 0 Å². The zero-order valence-electron chi connectivity index (χ0n) is 10.1. The SMILES string of the molecule is C#CCC(N)C(=O)NCc1ccc(CC)cc1. The Balaban J connectivity index is 2.44. The van der Waals surface area contributed by atoms with Crippen molar-refractivity contribution < 1.29 is 4.79 Å². The number of aryl methyl sites for hydroxylation is 1. The number of hydrogen-bond donors (Lipinski definition) is 2. The van der Waals surface area contributed by atoms with Crippen LogP contribution in [0.25, 0.3) is 0 Å². The summed E-state index contributed by atoms with van der Waals surface area (Å²) in [6.45, 7) is 2.59. The fourth-order valence-electron chi connectivity index (χ4n) is 1.43. The van der Waals surface area contributed by atoms with E-state index in [-0.39, 0.29) is 12.3 Å². The summed E-state index contributed by atoms with van der Waals surface area (Å²) in [6, 6.07) is 7.51. The largest absolute Gasteiger partial charge is 0.351 e. The smallest absolute Gasteiger partial charge is 0.238 e. The highest BCUT2D eigenvalue weighted by atomic mass is 16.2. The van der Waals surface area contributed by atoms with Gasteiger partial charge in [0.25, 0.3) is 0 Å². The molecule has 1 unspecified atom stereocenters. The number of carbonyl (C=O) groups excluding carboxylic acids is 1. The van der Waals surface area contributed by atoms with Gasteiger partial charge in [0, 0.05) is 13.0 Å². The lowest BCUT2D eigenvalue weighted by Gasteiger charge is -2.09. The van der Waals surface area contributed by atoms with Crippen molar-refractivity contribution in [1.82, 2.24) is 5.32 Å². The molecule has 3 N–H and O–H groups in total. The van der Waals surface area contributed by atoms with E-state index in [1.807, 2.05) is 12.1 Å². The quantitative estimate of drug-likeness (QED) is 0.747. The van der Waals surface area contributed by atoms with Crippen LogP contribution < -0.4 is 11.1 Å². The van der Waals surface area contributed by atoms with Gasteiger partial charge in [-0.3, -0.25) is 4.79 Å². The first-order valence-electron chi connectivity index (χ1n) is 5.72.